The fourth-order valence-corrected chi connectivity index (χ4v) is 2.61. The Kier molecular flexibility index (Phi) is 5.67. The smallest absolute Gasteiger partial charge is 0.276 e. The van der Waals surface area contributed by atoms with E-state index in [1.165, 1.54) is 12.5 Å². The highest BCUT2D eigenvalue weighted by atomic mass is 79.9. The molecule has 1 atom stereocenters. The summed E-state index contributed by atoms with van der Waals surface area (Å²) in [4.78, 5) is 17.0. The van der Waals surface area contributed by atoms with Crippen LogP contribution in [0.15, 0.2) is 18.2 Å². The highest BCUT2D eigenvalue weighted by molar-refractivity contribution is 9.09. The fourth-order valence-electron chi connectivity index (χ4n) is 2.29. The number of benzene rings is 1. The van der Waals surface area contributed by atoms with Crippen LogP contribution in [0.5, 0.6) is 11.5 Å². The molecule has 0 saturated carbocycles. The largest absolute Gasteiger partial charge is 0.504 e. The van der Waals surface area contributed by atoms with E-state index in [4.69, 9.17) is 4.84 Å². The van der Waals surface area contributed by atoms with Crippen LogP contribution in [0.4, 0.5) is 0 Å². The molecule has 0 aliphatic carbocycles. The summed E-state index contributed by atoms with van der Waals surface area (Å²) in [5.41, 5.74) is 3.82. The van der Waals surface area contributed by atoms with Crippen LogP contribution in [-0.4, -0.2) is 15.8 Å². The summed E-state index contributed by atoms with van der Waals surface area (Å²) < 4.78 is 0. The predicted molar refractivity (Wildman–Crippen MR) is 86.5 cm³/mol. The predicted octanol–water partition coefficient (Wildman–Crippen LogP) is 3.72. The number of carbonyl (C=O) groups is 1. The normalized spacial score (nSPS) is 14.9. The Bertz CT molecular complexity index is 541. The van der Waals surface area contributed by atoms with Crippen LogP contribution in [-0.2, 0) is 11.2 Å². The second-order valence-electron chi connectivity index (χ2n) is 5.27. The third kappa shape index (κ3) is 4.49. The first-order chi connectivity index (χ1) is 10.1. The first-order valence-electron chi connectivity index (χ1n) is 7.21. The summed E-state index contributed by atoms with van der Waals surface area (Å²) in [6.07, 6.45) is 8.31. The van der Waals surface area contributed by atoms with Gasteiger partial charge in [0.05, 0.1) is 0 Å². The molecule has 1 aromatic rings. The molecule has 0 aromatic heterocycles. The molecule has 0 spiro atoms. The maximum absolute atomic E-state index is 11.2. The lowest BCUT2D eigenvalue weighted by molar-refractivity contribution is -0.122. The van der Waals surface area contributed by atoms with Crippen molar-refractivity contribution >= 4 is 27.9 Å². The van der Waals surface area contributed by atoms with Crippen molar-refractivity contribution in [2.75, 3.05) is 0 Å². The van der Waals surface area contributed by atoms with Gasteiger partial charge in [-0.3, -0.25) is 4.79 Å². The number of phenolic OH excluding ortho intramolecular Hbond substituents is 1. The van der Waals surface area contributed by atoms with Crippen LogP contribution in [0.25, 0.3) is 6.08 Å². The molecule has 1 amide bonds. The van der Waals surface area contributed by atoms with E-state index in [2.05, 4.69) is 28.3 Å². The lowest BCUT2D eigenvalue weighted by Crippen LogP contribution is -2.23. The summed E-state index contributed by atoms with van der Waals surface area (Å²) in [6.45, 7) is 2.15. The average molecular weight is 354 g/mol. The van der Waals surface area contributed by atoms with Gasteiger partial charge < -0.3 is 9.94 Å². The van der Waals surface area contributed by atoms with Gasteiger partial charge in [-0.15, -0.1) is 0 Å². The molecule has 1 aliphatic rings. The molecule has 1 aliphatic heterocycles. The number of hydroxylamine groups is 1. The summed E-state index contributed by atoms with van der Waals surface area (Å²) in [7, 11) is 0. The van der Waals surface area contributed by atoms with E-state index in [-0.39, 0.29) is 11.7 Å². The van der Waals surface area contributed by atoms with Crippen LogP contribution in [0.2, 0.25) is 0 Å². The number of alkyl halides is 1. The summed E-state index contributed by atoms with van der Waals surface area (Å²) in [5.74, 6) is 0.105. The van der Waals surface area contributed by atoms with Crippen molar-refractivity contribution < 1.29 is 14.7 Å². The van der Waals surface area contributed by atoms with Gasteiger partial charge in [0.1, 0.15) is 0 Å². The second kappa shape index (κ2) is 7.50. The Morgan fingerprint density at radius 3 is 2.86 bits per heavy atom. The molecule has 0 radical (unpaired) electrons. The Morgan fingerprint density at radius 2 is 2.10 bits per heavy atom. The number of aryl methyl sites for hydroxylation is 1. The molecule has 114 valence electrons. The van der Waals surface area contributed by atoms with Gasteiger partial charge in [-0.05, 0) is 30.9 Å². The molecule has 1 unspecified atom stereocenters. The molecule has 0 bridgehead atoms. The van der Waals surface area contributed by atoms with E-state index in [0.29, 0.717) is 16.1 Å². The zero-order valence-electron chi connectivity index (χ0n) is 12.1. The van der Waals surface area contributed by atoms with Crippen molar-refractivity contribution in [2.24, 2.45) is 0 Å². The fraction of sp³-hybridized carbons (Fsp3) is 0.438. The molecule has 2 N–H and O–H groups in total. The molecule has 5 heteroatoms. The summed E-state index contributed by atoms with van der Waals surface area (Å²) in [6, 6.07) is 3.76. The first-order valence-corrected chi connectivity index (χ1v) is 8.13. The number of unbranched alkanes of at least 4 members (excludes halogenated alkanes) is 2. The Hall–Kier alpha value is -1.49. The minimum absolute atomic E-state index is 0.119. The number of rotatable bonds is 6. The third-order valence-electron chi connectivity index (χ3n) is 3.46. The zero-order chi connectivity index (χ0) is 15.2. The van der Waals surface area contributed by atoms with Crippen molar-refractivity contribution in [3.8, 4) is 11.5 Å². The number of nitrogens with one attached hydrogen (secondary N) is 1. The van der Waals surface area contributed by atoms with Gasteiger partial charge in [0.15, 0.2) is 5.75 Å². The molecule has 0 fully saturated rings. The van der Waals surface area contributed by atoms with Crippen molar-refractivity contribution in [1.29, 1.82) is 0 Å². The second-order valence-corrected chi connectivity index (χ2v) is 6.84. The SMILES string of the molecule is CC(Br)CCCCCc1ccc2c(c1O)ONC(=O)C=C2. The lowest BCUT2D eigenvalue weighted by Gasteiger charge is -2.12. The zero-order valence-corrected chi connectivity index (χ0v) is 13.6. The molecule has 21 heavy (non-hydrogen) atoms. The van der Waals surface area contributed by atoms with Gasteiger partial charge in [-0.2, -0.15) is 5.48 Å². The van der Waals surface area contributed by atoms with Gasteiger partial charge in [0.2, 0.25) is 5.75 Å². The van der Waals surface area contributed by atoms with Crippen molar-refractivity contribution in [3.05, 3.63) is 29.3 Å². The number of hydrogen-bond acceptors (Lipinski definition) is 3. The van der Waals surface area contributed by atoms with Crippen molar-refractivity contribution in [3.63, 3.8) is 0 Å². The van der Waals surface area contributed by atoms with Gasteiger partial charge in [-0.1, -0.05) is 47.8 Å². The minimum atomic E-state index is -0.337. The number of carbonyl (C=O) groups excluding carboxylic acids is 1. The van der Waals surface area contributed by atoms with Crippen LogP contribution >= 0.6 is 15.9 Å². The number of amides is 1. The van der Waals surface area contributed by atoms with E-state index in [1.54, 1.807) is 6.08 Å². The molecular weight excluding hydrogens is 334 g/mol. The van der Waals surface area contributed by atoms with Gasteiger partial charge in [0.25, 0.3) is 5.91 Å². The standard InChI is InChI=1S/C16H20BrNO3/c1-11(17)5-3-2-4-6-12-7-8-13-9-10-14(19)18-21-16(13)15(12)20/h7-11,20H,2-6H2,1H3,(H,18,19). The molecule has 0 saturated heterocycles. The van der Waals surface area contributed by atoms with E-state index in [0.717, 1.165) is 31.2 Å². The Labute approximate surface area is 133 Å². The maximum atomic E-state index is 11.2. The number of halogens is 1. The quantitative estimate of drug-likeness (QED) is 0.605. The van der Waals surface area contributed by atoms with Crippen LogP contribution in [0.1, 0.15) is 43.7 Å². The van der Waals surface area contributed by atoms with Crippen LogP contribution < -0.4 is 10.3 Å². The Morgan fingerprint density at radius 1 is 1.29 bits per heavy atom. The Balaban J connectivity index is 1.97. The lowest BCUT2D eigenvalue weighted by atomic mass is 10.0. The number of fused-ring (bicyclic) bond motifs is 1. The van der Waals surface area contributed by atoms with Gasteiger partial charge in [0, 0.05) is 16.5 Å². The third-order valence-corrected chi connectivity index (χ3v) is 3.92. The molecule has 1 heterocycles. The minimum Gasteiger partial charge on any atom is -0.504 e. The highest BCUT2D eigenvalue weighted by Crippen LogP contribution is 2.36. The average Bonchev–Trinajstić information content (AvgIpc) is 2.63. The maximum Gasteiger partial charge on any atom is 0.276 e. The number of phenols is 1. The van der Waals surface area contributed by atoms with Crippen LogP contribution in [0.3, 0.4) is 0 Å². The monoisotopic (exact) mass is 353 g/mol. The van der Waals surface area contributed by atoms with Crippen LogP contribution in [0, 0.1) is 0 Å². The van der Waals surface area contributed by atoms with E-state index in [9.17, 15) is 9.90 Å². The van der Waals surface area contributed by atoms with Crippen molar-refractivity contribution in [2.45, 2.75) is 43.9 Å². The van der Waals surface area contributed by atoms with Crippen molar-refractivity contribution in [1.82, 2.24) is 5.48 Å². The molecular formula is C16H20BrNO3. The number of aromatic hydroxyl groups is 1. The van der Waals surface area contributed by atoms with Gasteiger partial charge in [-0.25, -0.2) is 0 Å². The first kappa shape index (κ1) is 15.9. The molecule has 1 aromatic carbocycles. The number of hydrogen-bond donors (Lipinski definition) is 2. The van der Waals surface area contributed by atoms with Gasteiger partial charge >= 0.3 is 0 Å². The topological polar surface area (TPSA) is 58.6 Å². The summed E-state index contributed by atoms with van der Waals surface area (Å²) in [5, 5.41) is 10.3. The van der Waals surface area contributed by atoms with E-state index < -0.39 is 0 Å². The highest BCUT2D eigenvalue weighted by Gasteiger charge is 2.16. The van der Waals surface area contributed by atoms with E-state index >= 15 is 0 Å². The summed E-state index contributed by atoms with van der Waals surface area (Å²) >= 11 is 3.54. The molecule has 2 rings (SSSR count). The molecule has 4 nitrogen and oxygen atoms in total. The van der Waals surface area contributed by atoms with E-state index in [1.807, 2.05) is 12.1 Å².